The maximum absolute atomic E-state index is 12.4. The van der Waals surface area contributed by atoms with Crippen LogP contribution in [0.3, 0.4) is 0 Å². The number of pyridine rings is 2. The molecule has 3 aliphatic rings. The number of cyclic esters (lactones) is 1. The molecule has 3 aromatic heterocycles. The Balaban J connectivity index is 1.24. The van der Waals surface area contributed by atoms with Gasteiger partial charge in [-0.1, -0.05) is 0 Å². The fourth-order valence-corrected chi connectivity index (χ4v) is 5.83. The van der Waals surface area contributed by atoms with Crippen LogP contribution in [0, 0.1) is 6.92 Å². The number of nitrogens with zero attached hydrogens (tertiary/aromatic N) is 4. The van der Waals surface area contributed by atoms with Gasteiger partial charge in [-0.3, -0.25) is 19.8 Å². The summed E-state index contributed by atoms with van der Waals surface area (Å²) in [5, 5.41) is 15.2. The molecule has 0 spiro atoms. The van der Waals surface area contributed by atoms with Crippen LogP contribution in [0.2, 0.25) is 0 Å². The number of fused-ring (bicyclic) bond motifs is 3. The molecule has 172 valence electrons. The summed E-state index contributed by atoms with van der Waals surface area (Å²) >= 11 is 0. The highest BCUT2D eigenvalue weighted by atomic mass is 16.5. The van der Waals surface area contributed by atoms with Crippen LogP contribution in [0.5, 0.6) is 0 Å². The van der Waals surface area contributed by atoms with Gasteiger partial charge in [-0.05, 0) is 57.6 Å². The van der Waals surface area contributed by atoms with E-state index >= 15 is 0 Å². The molecule has 3 aliphatic heterocycles. The fourth-order valence-electron chi connectivity index (χ4n) is 5.83. The smallest absolute Gasteiger partial charge is 0.323 e. The van der Waals surface area contributed by atoms with Crippen LogP contribution in [-0.4, -0.2) is 61.8 Å². The summed E-state index contributed by atoms with van der Waals surface area (Å²) in [5.41, 5.74) is 1.87. The monoisotopic (exact) mass is 447 g/mol. The minimum absolute atomic E-state index is 0.0318. The number of aryl methyl sites for hydroxylation is 1. The number of aromatic amines is 1. The second-order valence-electron chi connectivity index (χ2n) is 9.46. The molecule has 3 aromatic rings. The molecule has 9 nitrogen and oxygen atoms in total. The molecule has 9 heteroatoms. The molecule has 0 amide bonds. The summed E-state index contributed by atoms with van der Waals surface area (Å²) in [7, 11) is 0. The molecule has 0 aliphatic carbocycles. The number of hydrogen-bond donors (Lipinski definition) is 3. The van der Waals surface area contributed by atoms with Crippen LogP contribution < -0.4 is 10.6 Å². The molecule has 6 rings (SSSR count). The lowest BCUT2D eigenvalue weighted by Gasteiger charge is -2.43. The Bertz CT molecular complexity index is 1160. The van der Waals surface area contributed by atoms with Crippen molar-refractivity contribution in [3.05, 3.63) is 36.2 Å². The van der Waals surface area contributed by atoms with Gasteiger partial charge in [-0.25, -0.2) is 4.98 Å². The lowest BCUT2D eigenvalue weighted by molar-refractivity contribution is -0.157. The quantitative estimate of drug-likeness (QED) is 0.510. The standard InChI is InChI=1S/C24H29N7O2/c1-14-10-22(30-29-14)27-21-13-19-18(4-2-8-25-19)23(28-21)26-15-11-16-6-7-17(12-15)31(16)20-5-3-9-33-24(20)32/h2,4,8,10,13,15-17,20H,3,5-7,9,11-12H2,1H3,(H3,26,27,28,29,30)/t15?,16-,17+,20?. The second-order valence-corrected chi connectivity index (χ2v) is 9.46. The van der Waals surface area contributed by atoms with Crippen LogP contribution in [0.1, 0.15) is 44.2 Å². The summed E-state index contributed by atoms with van der Waals surface area (Å²) < 4.78 is 5.37. The summed E-state index contributed by atoms with van der Waals surface area (Å²) in [5.74, 6) is 2.24. The zero-order valence-corrected chi connectivity index (χ0v) is 18.8. The van der Waals surface area contributed by atoms with Crippen molar-refractivity contribution in [3.8, 4) is 0 Å². The van der Waals surface area contributed by atoms with Gasteiger partial charge in [0.2, 0.25) is 0 Å². The van der Waals surface area contributed by atoms with E-state index in [2.05, 4.69) is 36.8 Å². The SMILES string of the molecule is Cc1cc(Nc2cc3ncccc3c(NC3C[C@H]4CC[C@@H](C3)N4C3CCCOC3=O)n2)n[nH]1. The van der Waals surface area contributed by atoms with Crippen LogP contribution in [0.4, 0.5) is 17.5 Å². The van der Waals surface area contributed by atoms with Crippen molar-refractivity contribution in [2.75, 3.05) is 17.2 Å². The molecule has 3 N–H and O–H groups in total. The molecule has 0 radical (unpaired) electrons. The van der Waals surface area contributed by atoms with Gasteiger partial charge in [-0.15, -0.1) is 0 Å². The maximum Gasteiger partial charge on any atom is 0.323 e. The van der Waals surface area contributed by atoms with Crippen LogP contribution >= 0.6 is 0 Å². The number of anilines is 3. The first-order valence-electron chi connectivity index (χ1n) is 11.9. The van der Waals surface area contributed by atoms with E-state index in [1.54, 1.807) is 6.20 Å². The van der Waals surface area contributed by atoms with Crippen LogP contribution in [-0.2, 0) is 9.53 Å². The first kappa shape index (κ1) is 20.4. The van der Waals surface area contributed by atoms with Gasteiger partial charge >= 0.3 is 5.97 Å². The molecule has 0 saturated carbocycles. The highest BCUT2D eigenvalue weighted by Crippen LogP contribution is 2.40. The van der Waals surface area contributed by atoms with E-state index in [-0.39, 0.29) is 12.0 Å². The minimum Gasteiger partial charge on any atom is -0.465 e. The summed E-state index contributed by atoms with van der Waals surface area (Å²) in [6.45, 7) is 2.53. The predicted molar refractivity (Wildman–Crippen MR) is 125 cm³/mol. The van der Waals surface area contributed by atoms with Crippen molar-refractivity contribution >= 4 is 34.3 Å². The van der Waals surface area contributed by atoms with Crippen LogP contribution in [0.25, 0.3) is 10.9 Å². The Morgan fingerprint density at radius 2 is 2.00 bits per heavy atom. The normalized spacial score (nSPS) is 27.5. The Labute approximate surface area is 192 Å². The average molecular weight is 448 g/mol. The van der Waals surface area contributed by atoms with Crippen molar-refractivity contribution in [1.82, 2.24) is 25.1 Å². The Morgan fingerprint density at radius 1 is 1.15 bits per heavy atom. The predicted octanol–water partition coefficient (Wildman–Crippen LogP) is 3.52. The summed E-state index contributed by atoms with van der Waals surface area (Å²) in [6, 6.07) is 8.96. The first-order chi connectivity index (χ1) is 16.1. The Morgan fingerprint density at radius 3 is 2.76 bits per heavy atom. The number of hydrogen-bond acceptors (Lipinski definition) is 8. The van der Waals surface area contributed by atoms with E-state index in [1.807, 2.05) is 25.1 Å². The number of esters is 1. The van der Waals surface area contributed by atoms with Gasteiger partial charge < -0.3 is 15.4 Å². The molecule has 0 aromatic carbocycles. The molecule has 2 unspecified atom stereocenters. The Hall–Kier alpha value is -3.20. The number of carbonyl (C=O) groups excluding carboxylic acids is 1. The minimum atomic E-state index is -0.0646. The summed E-state index contributed by atoms with van der Waals surface area (Å²) in [6.07, 6.45) is 7.97. The molecule has 3 saturated heterocycles. The number of piperidine rings is 1. The maximum atomic E-state index is 12.4. The van der Waals surface area contributed by atoms with Gasteiger partial charge in [0.15, 0.2) is 5.82 Å². The van der Waals surface area contributed by atoms with Crippen LogP contribution in [0.15, 0.2) is 30.5 Å². The van der Waals surface area contributed by atoms with E-state index in [4.69, 9.17) is 9.72 Å². The van der Waals surface area contributed by atoms with Crippen molar-refractivity contribution in [2.24, 2.45) is 0 Å². The third-order valence-electron chi connectivity index (χ3n) is 7.19. The number of carbonyl (C=O) groups is 1. The van der Waals surface area contributed by atoms with Crippen molar-refractivity contribution < 1.29 is 9.53 Å². The lowest BCUT2D eigenvalue weighted by Crippen LogP contribution is -2.55. The fraction of sp³-hybridized carbons (Fsp3) is 0.500. The molecular weight excluding hydrogens is 418 g/mol. The Kier molecular flexibility index (Phi) is 5.13. The largest absolute Gasteiger partial charge is 0.465 e. The zero-order chi connectivity index (χ0) is 22.4. The lowest BCUT2D eigenvalue weighted by atomic mass is 9.93. The van der Waals surface area contributed by atoms with Gasteiger partial charge in [-0.2, -0.15) is 5.10 Å². The second kappa shape index (κ2) is 8.30. The molecule has 2 bridgehead atoms. The van der Waals surface area contributed by atoms with E-state index in [0.29, 0.717) is 30.6 Å². The van der Waals surface area contributed by atoms with Crippen molar-refractivity contribution in [1.29, 1.82) is 0 Å². The van der Waals surface area contributed by atoms with E-state index in [9.17, 15) is 4.79 Å². The van der Waals surface area contributed by atoms with E-state index < -0.39 is 0 Å². The topological polar surface area (TPSA) is 108 Å². The van der Waals surface area contributed by atoms with Gasteiger partial charge in [0, 0.05) is 47.5 Å². The number of nitrogens with one attached hydrogen (secondary N) is 3. The average Bonchev–Trinajstić information content (AvgIpc) is 3.33. The van der Waals surface area contributed by atoms with E-state index in [1.165, 1.54) is 0 Å². The van der Waals surface area contributed by atoms with Gasteiger partial charge in [0.25, 0.3) is 0 Å². The highest BCUT2D eigenvalue weighted by Gasteiger charge is 2.47. The number of rotatable bonds is 5. The molecule has 6 heterocycles. The zero-order valence-electron chi connectivity index (χ0n) is 18.8. The molecule has 3 fully saturated rings. The van der Waals surface area contributed by atoms with E-state index in [0.717, 1.165) is 66.8 Å². The third kappa shape index (κ3) is 3.90. The molecule has 33 heavy (non-hydrogen) atoms. The molecular formula is C24H29N7O2. The number of H-pyrrole nitrogens is 1. The number of aromatic nitrogens is 4. The summed E-state index contributed by atoms with van der Waals surface area (Å²) in [4.78, 5) is 24.3. The van der Waals surface area contributed by atoms with Gasteiger partial charge in [0.05, 0.1) is 12.1 Å². The van der Waals surface area contributed by atoms with Gasteiger partial charge in [0.1, 0.15) is 17.7 Å². The number of ether oxygens (including phenoxy) is 1. The third-order valence-corrected chi connectivity index (χ3v) is 7.19. The first-order valence-corrected chi connectivity index (χ1v) is 11.9. The highest BCUT2D eigenvalue weighted by molar-refractivity contribution is 5.91. The van der Waals surface area contributed by atoms with Crippen molar-refractivity contribution in [2.45, 2.75) is 69.6 Å². The molecule has 4 atom stereocenters. The van der Waals surface area contributed by atoms with Crippen molar-refractivity contribution in [3.63, 3.8) is 0 Å².